The first-order chi connectivity index (χ1) is 7.72. The van der Waals surface area contributed by atoms with Gasteiger partial charge in [-0.2, -0.15) is 0 Å². The van der Waals surface area contributed by atoms with Crippen molar-refractivity contribution in [1.29, 1.82) is 0 Å². The van der Waals surface area contributed by atoms with Gasteiger partial charge in [-0.3, -0.25) is 4.90 Å². The minimum atomic E-state index is 0.0803. The molecule has 0 aromatic rings. The molecular weight excluding hydrogens is 204 g/mol. The van der Waals surface area contributed by atoms with Crippen LogP contribution in [0.5, 0.6) is 0 Å². The molecule has 16 heavy (non-hydrogen) atoms. The third-order valence-corrected chi connectivity index (χ3v) is 4.33. The number of hydrogen-bond donors (Lipinski definition) is 1. The van der Waals surface area contributed by atoms with Gasteiger partial charge in [0.25, 0.3) is 0 Å². The number of nitrogens with zero attached hydrogens (tertiary/aromatic N) is 1. The van der Waals surface area contributed by atoms with E-state index in [0.717, 1.165) is 32.7 Å². The molecule has 94 valence electrons. The fourth-order valence-corrected chi connectivity index (χ4v) is 2.91. The highest BCUT2D eigenvalue weighted by atomic mass is 16.5. The van der Waals surface area contributed by atoms with Gasteiger partial charge in [0, 0.05) is 26.8 Å². The Kier molecular flexibility index (Phi) is 3.85. The average Bonchev–Trinajstić information content (AvgIpc) is 2.79. The van der Waals surface area contributed by atoms with Gasteiger partial charge in [0.05, 0.1) is 18.2 Å². The molecule has 2 saturated heterocycles. The van der Waals surface area contributed by atoms with E-state index in [1.54, 1.807) is 0 Å². The van der Waals surface area contributed by atoms with Crippen LogP contribution in [-0.2, 0) is 9.47 Å². The fraction of sp³-hybridized carbons (Fsp3) is 1.00. The molecule has 0 bridgehead atoms. The van der Waals surface area contributed by atoms with Gasteiger partial charge in [-0.15, -0.1) is 0 Å². The molecule has 2 heterocycles. The molecule has 2 rings (SSSR count). The maximum Gasteiger partial charge on any atom is 0.0724 e. The van der Waals surface area contributed by atoms with Crippen molar-refractivity contribution in [2.45, 2.75) is 31.4 Å². The summed E-state index contributed by atoms with van der Waals surface area (Å²) in [5, 5.41) is 0. The Hall–Kier alpha value is -0.160. The highest BCUT2D eigenvalue weighted by molar-refractivity contribution is 4.98. The summed E-state index contributed by atoms with van der Waals surface area (Å²) in [5.41, 5.74) is 6.04. The second-order valence-electron chi connectivity index (χ2n) is 5.22. The fourth-order valence-electron chi connectivity index (χ4n) is 2.91. The highest BCUT2D eigenvalue weighted by Crippen LogP contribution is 2.30. The zero-order chi connectivity index (χ0) is 11.6. The van der Waals surface area contributed by atoms with Crippen LogP contribution >= 0.6 is 0 Å². The first-order valence-electron chi connectivity index (χ1n) is 6.27. The molecule has 0 radical (unpaired) electrons. The van der Waals surface area contributed by atoms with Crippen LogP contribution in [0.25, 0.3) is 0 Å². The van der Waals surface area contributed by atoms with E-state index in [1.807, 2.05) is 7.11 Å². The van der Waals surface area contributed by atoms with Gasteiger partial charge in [-0.25, -0.2) is 0 Å². The van der Waals surface area contributed by atoms with Crippen LogP contribution in [0, 0.1) is 5.92 Å². The second kappa shape index (κ2) is 5.00. The maximum absolute atomic E-state index is 5.96. The zero-order valence-electron chi connectivity index (χ0n) is 10.4. The standard InChI is InChI=1S/C12H24N2O2/c1-10-3-5-14(7-11(10)15-2)12(8-13)4-6-16-9-12/h10-11H,3-9,13H2,1-2H3. The van der Waals surface area contributed by atoms with E-state index >= 15 is 0 Å². The Balaban J connectivity index is 2.03. The molecule has 2 N–H and O–H groups in total. The van der Waals surface area contributed by atoms with Crippen LogP contribution < -0.4 is 5.73 Å². The van der Waals surface area contributed by atoms with Gasteiger partial charge < -0.3 is 15.2 Å². The molecule has 4 nitrogen and oxygen atoms in total. The van der Waals surface area contributed by atoms with Crippen LogP contribution in [0.2, 0.25) is 0 Å². The van der Waals surface area contributed by atoms with Crippen molar-refractivity contribution < 1.29 is 9.47 Å². The van der Waals surface area contributed by atoms with E-state index in [1.165, 1.54) is 6.42 Å². The Morgan fingerprint density at radius 3 is 2.94 bits per heavy atom. The SMILES string of the molecule is COC1CN(C2(CN)CCOC2)CCC1C. The van der Waals surface area contributed by atoms with Crippen molar-refractivity contribution in [3.05, 3.63) is 0 Å². The Morgan fingerprint density at radius 2 is 2.38 bits per heavy atom. The number of rotatable bonds is 3. The first-order valence-corrected chi connectivity index (χ1v) is 6.27. The Labute approximate surface area is 98.1 Å². The van der Waals surface area contributed by atoms with Gasteiger partial charge >= 0.3 is 0 Å². The molecule has 4 heteroatoms. The maximum atomic E-state index is 5.96. The summed E-state index contributed by atoms with van der Waals surface area (Å²) in [6.07, 6.45) is 2.60. The monoisotopic (exact) mass is 228 g/mol. The molecular formula is C12H24N2O2. The largest absolute Gasteiger partial charge is 0.380 e. The van der Waals surface area contributed by atoms with Crippen molar-refractivity contribution in [3.8, 4) is 0 Å². The third kappa shape index (κ3) is 2.12. The van der Waals surface area contributed by atoms with Crippen LogP contribution in [0.15, 0.2) is 0 Å². The molecule has 0 spiro atoms. The van der Waals surface area contributed by atoms with Crippen molar-refractivity contribution in [1.82, 2.24) is 4.90 Å². The minimum absolute atomic E-state index is 0.0803. The van der Waals surface area contributed by atoms with E-state index in [-0.39, 0.29) is 5.54 Å². The Bertz CT molecular complexity index is 229. The molecule has 2 fully saturated rings. The van der Waals surface area contributed by atoms with Crippen LogP contribution in [-0.4, -0.2) is 56.5 Å². The lowest BCUT2D eigenvalue weighted by atomic mass is 9.89. The number of methoxy groups -OCH3 is 1. The third-order valence-electron chi connectivity index (χ3n) is 4.33. The van der Waals surface area contributed by atoms with Crippen molar-refractivity contribution in [2.75, 3.05) is 40.0 Å². The lowest BCUT2D eigenvalue weighted by molar-refractivity contribution is -0.0462. The molecule has 0 aliphatic carbocycles. The van der Waals surface area contributed by atoms with Gasteiger partial charge in [0.1, 0.15) is 0 Å². The lowest BCUT2D eigenvalue weighted by Gasteiger charge is -2.45. The summed E-state index contributed by atoms with van der Waals surface area (Å²) >= 11 is 0. The van der Waals surface area contributed by atoms with E-state index in [9.17, 15) is 0 Å². The van der Waals surface area contributed by atoms with Crippen molar-refractivity contribution in [3.63, 3.8) is 0 Å². The molecule has 0 aromatic heterocycles. The van der Waals surface area contributed by atoms with Crippen molar-refractivity contribution in [2.24, 2.45) is 11.7 Å². The molecule has 0 aromatic carbocycles. The number of hydrogen-bond acceptors (Lipinski definition) is 4. The minimum Gasteiger partial charge on any atom is -0.380 e. The summed E-state index contributed by atoms with van der Waals surface area (Å²) < 4.78 is 11.1. The number of nitrogens with two attached hydrogens (primary N) is 1. The number of ether oxygens (including phenoxy) is 2. The summed E-state index contributed by atoms with van der Waals surface area (Å²) in [4.78, 5) is 2.49. The van der Waals surface area contributed by atoms with E-state index in [0.29, 0.717) is 18.6 Å². The highest BCUT2D eigenvalue weighted by Gasteiger charge is 2.42. The molecule has 2 aliphatic rings. The van der Waals surface area contributed by atoms with Gasteiger partial charge in [-0.1, -0.05) is 6.92 Å². The predicted molar refractivity (Wildman–Crippen MR) is 63.4 cm³/mol. The Morgan fingerprint density at radius 1 is 1.56 bits per heavy atom. The number of piperidine rings is 1. The molecule has 0 amide bonds. The van der Waals surface area contributed by atoms with Crippen LogP contribution in [0.1, 0.15) is 19.8 Å². The smallest absolute Gasteiger partial charge is 0.0724 e. The van der Waals surface area contributed by atoms with Gasteiger partial charge in [-0.05, 0) is 25.3 Å². The van der Waals surface area contributed by atoms with E-state index in [4.69, 9.17) is 15.2 Å². The van der Waals surface area contributed by atoms with E-state index in [2.05, 4.69) is 11.8 Å². The van der Waals surface area contributed by atoms with Crippen LogP contribution in [0.4, 0.5) is 0 Å². The van der Waals surface area contributed by atoms with Crippen LogP contribution in [0.3, 0.4) is 0 Å². The number of likely N-dealkylation sites (tertiary alicyclic amines) is 1. The topological polar surface area (TPSA) is 47.7 Å². The first kappa shape index (κ1) is 12.3. The summed E-state index contributed by atoms with van der Waals surface area (Å²) in [5.74, 6) is 0.651. The summed E-state index contributed by atoms with van der Waals surface area (Å²) in [6.45, 7) is 6.72. The van der Waals surface area contributed by atoms with Crippen molar-refractivity contribution >= 4 is 0 Å². The second-order valence-corrected chi connectivity index (χ2v) is 5.22. The van der Waals surface area contributed by atoms with Gasteiger partial charge in [0.2, 0.25) is 0 Å². The molecule has 3 atom stereocenters. The normalized spacial score (nSPS) is 41.4. The van der Waals surface area contributed by atoms with E-state index < -0.39 is 0 Å². The lowest BCUT2D eigenvalue weighted by Crippen LogP contribution is -2.59. The predicted octanol–water partition coefficient (Wildman–Crippen LogP) is 0.461. The molecule has 0 saturated carbocycles. The molecule has 2 aliphatic heterocycles. The summed E-state index contributed by atoms with van der Waals surface area (Å²) in [6, 6.07) is 0. The quantitative estimate of drug-likeness (QED) is 0.762. The van der Waals surface area contributed by atoms with Gasteiger partial charge in [0.15, 0.2) is 0 Å². The summed E-state index contributed by atoms with van der Waals surface area (Å²) in [7, 11) is 1.81. The molecule has 3 unspecified atom stereocenters. The zero-order valence-corrected chi connectivity index (χ0v) is 10.4. The average molecular weight is 228 g/mol.